The van der Waals surface area contributed by atoms with Crippen molar-refractivity contribution in [2.24, 2.45) is 0 Å². The van der Waals surface area contributed by atoms with Gasteiger partial charge in [0, 0.05) is 36.2 Å². The summed E-state index contributed by atoms with van der Waals surface area (Å²) in [6.07, 6.45) is 0. The number of hydrogen-bond acceptors (Lipinski definition) is 3. The van der Waals surface area contributed by atoms with Gasteiger partial charge in [0.25, 0.3) is 0 Å². The van der Waals surface area contributed by atoms with Crippen LogP contribution in [0.5, 0.6) is 5.75 Å². The van der Waals surface area contributed by atoms with Crippen molar-refractivity contribution in [1.29, 1.82) is 0 Å². The van der Waals surface area contributed by atoms with Gasteiger partial charge in [0.2, 0.25) is 0 Å². The predicted octanol–water partition coefficient (Wildman–Crippen LogP) is 2.85. The average Bonchev–Trinajstić information content (AvgIpc) is 2.33. The second kappa shape index (κ2) is 6.25. The molecule has 0 aliphatic carbocycles. The van der Waals surface area contributed by atoms with Crippen molar-refractivity contribution in [2.75, 3.05) is 39.8 Å². The summed E-state index contributed by atoms with van der Waals surface area (Å²) in [5.41, 5.74) is 0.258. The molecule has 0 bridgehead atoms. The number of piperazine rings is 1. The van der Waals surface area contributed by atoms with E-state index < -0.39 is 0 Å². The van der Waals surface area contributed by atoms with Gasteiger partial charge in [-0.25, -0.2) is 0 Å². The number of nitrogens with zero attached hydrogens (tertiary/aromatic N) is 2. The topological polar surface area (TPSA) is 15.7 Å². The SMILES string of the molecule is CN1CCN(CCOc2cccc(Br)c2)CC1(C)C. The number of rotatable bonds is 4. The van der Waals surface area contributed by atoms with Crippen molar-refractivity contribution in [2.45, 2.75) is 19.4 Å². The van der Waals surface area contributed by atoms with Crippen molar-refractivity contribution in [3.8, 4) is 5.75 Å². The molecule has 0 saturated carbocycles. The Morgan fingerprint density at radius 2 is 2.11 bits per heavy atom. The van der Waals surface area contributed by atoms with Crippen molar-refractivity contribution in [3.05, 3.63) is 28.7 Å². The van der Waals surface area contributed by atoms with Gasteiger partial charge in [0.1, 0.15) is 12.4 Å². The van der Waals surface area contributed by atoms with E-state index in [9.17, 15) is 0 Å². The Kier molecular flexibility index (Phi) is 4.87. The van der Waals surface area contributed by atoms with Crippen LogP contribution >= 0.6 is 15.9 Å². The molecule has 2 rings (SSSR count). The van der Waals surface area contributed by atoms with E-state index in [0.717, 1.165) is 43.0 Å². The van der Waals surface area contributed by atoms with E-state index in [1.165, 1.54) is 0 Å². The van der Waals surface area contributed by atoms with Gasteiger partial charge in [-0.3, -0.25) is 9.80 Å². The van der Waals surface area contributed by atoms with Crippen LogP contribution in [0.15, 0.2) is 28.7 Å². The zero-order valence-corrected chi connectivity index (χ0v) is 13.6. The standard InChI is InChI=1S/C15H23BrN2O/c1-15(2)12-18(8-7-17(15)3)9-10-19-14-6-4-5-13(16)11-14/h4-6,11H,7-10,12H2,1-3H3. The fraction of sp³-hybridized carbons (Fsp3) is 0.600. The van der Waals surface area contributed by atoms with E-state index in [2.05, 4.69) is 46.6 Å². The van der Waals surface area contributed by atoms with Gasteiger partial charge in [0.05, 0.1) is 0 Å². The van der Waals surface area contributed by atoms with E-state index >= 15 is 0 Å². The highest BCUT2D eigenvalue weighted by Gasteiger charge is 2.30. The molecule has 0 radical (unpaired) electrons. The highest BCUT2D eigenvalue weighted by Crippen LogP contribution is 2.19. The molecule has 0 spiro atoms. The summed E-state index contributed by atoms with van der Waals surface area (Å²) in [7, 11) is 2.20. The number of halogens is 1. The van der Waals surface area contributed by atoms with Gasteiger partial charge >= 0.3 is 0 Å². The Labute approximate surface area is 124 Å². The van der Waals surface area contributed by atoms with Crippen molar-refractivity contribution in [1.82, 2.24) is 9.80 Å². The fourth-order valence-corrected chi connectivity index (χ4v) is 2.76. The molecule has 1 aromatic rings. The summed E-state index contributed by atoms with van der Waals surface area (Å²) in [5.74, 6) is 0.933. The van der Waals surface area contributed by atoms with Crippen LogP contribution in [0.25, 0.3) is 0 Å². The first-order valence-corrected chi connectivity index (χ1v) is 7.59. The smallest absolute Gasteiger partial charge is 0.120 e. The van der Waals surface area contributed by atoms with Gasteiger partial charge in [-0.1, -0.05) is 22.0 Å². The van der Waals surface area contributed by atoms with Crippen LogP contribution in [0.1, 0.15) is 13.8 Å². The van der Waals surface area contributed by atoms with Crippen molar-refractivity contribution in [3.63, 3.8) is 0 Å². The molecule has 0 amide bonds. The minimum atomic E-state index is 0.258. The van der Waals surface area contributed by atoms with Crippen LogP contribution in [-0.4, -0.2) is 55.2 Å². The van der Waals surface area contributed by atoms with Crippen LogP contribution in [0, 0.1) is 0 Å². The lowest BCUT2D eigenvalue weighted by atomic mass is 10.00. The monoisotopic (exact) mass is 326 g/mol. The summed E-state index contributed by atoms with van der Waals surface area (Å²) >= 11 is 3.46. The lowest BCUT2D eigenvalue weighted by Gasteiger charge is -2.45. The van der Waals surface area contributed by atoms with Crippen LogP contribution in [-0.2, 0) is 0 Å². The highest BCUT2D eigenvalue weighted by molar-refractivity contribution is 9.10. The minimum Gasteiger partial charge on any atom is -0.492 e. The molecule has 0 unspecified atom stereocenters. The summed E-state index contributed by atoms with van der Waals surface area (Å²) in [5, 5.41) is 0. The third kappa shape index (κ3) is 4.20. The first kappa shape index (κ1) is 14.8. The van der Waals surface area contributed by atoms with Gasteiger partial charge < -0.3 is 4.74 Å². The zero-order chi connectivity index (χ0) is 13.9. The Balaban J connectivity index is 1.77. The number of likely N-dealkylation sites (N-methyl/N-ethyl adjacent to an activating group) is 1. The lowest BCUT2D eigenvalue weighted by molar-refractivity contribution is 0.0338. The third-order valence-electron chi connectivity index (χ3n) is 3.87. The van der Waals surface area contributed by atoms with Crippen LogP contribution < -0.4 is 4.74 Å². The van der Waals surface area contributed by atoms with E-state index in [0.29, 0.717) is 0 Å². The minimum absolute atomic E-state index is 0.258. The zero-order valence-electron chi connectivity index (χ0n) is 12.0. The van der Waals surface area contributed by atoms with Crippen LogP contribution in [0.3, 0.4) is 0 Å². The molecule has 19 heavy (non-hydrogen) atoms. The first-order valence-electron chi connectivity index (χ1n) is 6.79. The number of hydrogen-bond donors (Lipinski definition) is 0. The van der Waals surface area contributed by atoms with Crippen LogP contribution in [0.4, 0.5) is 0 Å². The molecular weight excluding hydrogens is 304 g/mol. The maximum absolute atomic E-state index is 5.80. The van der Waals surface area contributed by atoms with Crippen molar-refractivity contribution < 1.29 is 4.74 Å². The summed E-state index contributed by atoms with van der Waals surface area (Å²) in [6.45, 7) is 9.69. The van der Waals surface area contributed by atoms with Gasteiger partial charge in [-0.05, 0) is 39.1 Å². The largest absolute Gasteiger partial charge is 0.492 e. The summed E-state index contributed by atoms with van der Waals surface area (Å²) in [4.78, 5) is 4.91. The average molecular weight is 327 g/mol. The van der Waals surface area contributed by atoms with Gasteiger partial charge in [-0.15, -0.1) is 0 Å². The highest BCUT2D eigenvalue weighted by atomic mass is 79.9. The molecule has 0 N–H and O–H groups in total. The molecule has 1 saturated heterocycles. The predicted molar refractivity (Wildman–Crippen MR) is 82.8 cm³/mol. The quantitative estimate of drug-likeness (QED) is 0.846. The second-order valence-electron chi connectivity index (χ2n) is 5.82. The maximum Gasteiger partial charge on any atom is 0.120 e. The number of benzene rings is 1. The maximum atomic E-state index is 5.80. The molecule has 106 valence electrons. The van der Waals surface area contributed by atoms with Gasteiger partial charge in [0.15, 0.2) is 0 Å². The molecule has 3 nitrogen and oxygen atoms in total. The normalized spacial score (nSPS) is 20.4. The molecule has 4 heteroatoms. The van der Waals surface area contributed by atoms with E-state index in [-0.39, 0.29) is 5.54 Å². The van der Waals surface area contributed by atoms with Crippen LogP contribution in [0.2, 0.25) is 0 Å². The Bertz CT molecular complexity index is 422. The van der Waals surface area contributed by atoms with Gasteiger partial charge in [-0.2, -0.15) is 0 Å². The third-order valence-corrected chi connectivity index (χ3v) is 4.36. The molecule has 1 aromatic carbocycles. The Morgan fingerprint density at radius 1 is 1.32 bits per heavy atom. The second-order valence-corrected chi connectivity index (χ2v) is 6.73. The molecule has 1 heterocycles. The summed E-state index contributed by atoms with van der Waals surface area (Å²) in [6, 6.07) is 8.01. The molecular formula is C15H23BrN2O. The summed E-state index contributed by atoms with van der Waals surface area (Å²) < 4.78 is 6.86. The molecule has 1 aliphatic rings. The molecule has 0 aromatic heterocycles. The van der Waals surface area contributed by atoms with E-state index in [1.54, 1.807) is 0 Å². The molecule has 1 fully saturated rings. The first-order chi connectivity index (χ1) is 8.97. The molecule has 1 aliphatic heterocycles. The Morgan fingerprint density at radius 3 is 2.79 bits per heavy atom. The number of ether oxygens (including phenoxy) is 1. The Hall–Kier alpha value is -0.580. The van der Waals surface area contributed by atoms with E-state index in [4.69, 9.17) is 4.74 Å². The molecule has 0 atom stereocenters. The lowest BCUT2D eigenvalue weighted by Crippen LogP contribution is -2.58. The van der Waals surface area contributed by atoms with E-state index in [1.807, 2.05) is 24.3 Å². The fourth-order valence-electron chi connectivity index (χ4n) is 2.38. The van der Waals surface area contributed by atoms with Crippen molar-refractivity contribution >= 4 is 15.9 Å².